The molecule has 76 valence electrons. The fraction of sp³-hybridized carbons (Fsp3) is 0.444. The highest BCUT2D eigenvalue weighted by molar-refractivity contribution is 9.11. The number of carboxylic acids is 1. The lowest BCUT2D eigenvalue weighted by Crippen LogP contribution is -2.40. The van der Waals surface area contributed by atoms with E-state index in [1.807, 2.05) is 13.0 Å². The maximum absolute atomic E-state index is 11.0. The lowest BCUT2D eigenvalue weighted by Gasteiger charge is -2.25. The van der Waals surface area contributed by atoms with Crippen molar-refractivity contribution in [3.8, 4) is 0 Å². The topological polar surface area (TPSA) is 49.3 Å². The Morgan fingerprint density at radius 2 is 2.50 bits per heavy atom. The Morgan fingerprint density at radius 1 is 1.79 bits per heavy atom. The van der Waals surface area contributed by atoms with Crippen LogP contribution in [0.2, 0.25) is 0 Å². The molecule has 0 saturated heterocycles. The third kappa shape index (κ3) is 1.71. The van der Waals surface area contributed by atoms with E-state index in [0.717, 1.165) is 15.8 Å². The monoisotopic (exact) mass is 275 g/mol. The fourth-order valence-corrected chi connectivity index (χ4v) is 3.61. The predicted octanol–water partition coefficient (Wildman–Crippen LogP) is 2.17. The van der Waals surface area contributed by atoms with E-state index in [0.29, 0.717) is 0 Å². The number of hydrogen-bond donors (Lipinski definition) is 2. The molecule has 2 heterocycles. The van der Waals surface area contributed by atoms with Gasteiger partial charge in [-0.2, -0.15) is 0 Å². The van der Waals surface area contributed by atoms with Gasteiger partial charge in [-0.1, -0.05) is 0 Å². The molecule has 0 fully saturated rings. The van der Waals surface area contributed by atoms with Crippen LogP contribution in [0.4, 0.5) is 0 Å². The van der Waals surface area contributed by atoms with Crippen LogP contribution in [0.15, 0.2) is 9.85 Å². The summed E-state index contributed by atoms with van der Waals surface area (Å²) in [4.78, 5) is 12.2. The van der Waals surface area contributed by atoms with Crippen LogP contribution in [0.1, 0.15) is 23.4 Å². The minimum absolute atomic E-state index is 0.231. The SMILES string of the molecule is CC1Cc2sc(Br)cc2C(C(=O)O)N1. The van der Waals surface area contributed by atoms with Crippen molar-refractivity contribution >= 4 is 33.2 Å². The summed E-state index contributed by atoms with van der Waals surface area (Å²) in [5.74, 6) is -0.803. The van der Waals surface area contributed by atoms with Crippen LogP contribution >= 0.6 is 27.3 Å². The molecule has 1 aliphatic rings. The van der Waals surface area contributed by atoms with Crippen LogP contribution in [-0.2, 0) is 11.2 Å². The molecule has 0 saturated carbocycles. The Labute approximate surface area is 94.3 Å². The van der Waals surface area contributed by atoms with E-state index in [4.69, 9.17) is 5.11 Å². The highest BCUT2D eigenvalue weighted by atomic mass is 79.9. The molecule has 5 heteroatoms. The van der Waals surface area contributed by atoms with E-state index in [1.54, 1.807) is 11.3 Å². The van der Waals surface area contributed by atoms with Crippen molar-refractivity contribution in [3.05, 3.63) is 20.3 Å². The molecular weight excluding hydrogens is 266 g/mol. The molecule has 0 aliphatic carbocycles. The second kappa shape index (κ2) is 3.64. The summed E-state index contributed by atoms with van der Waals surface area (Å²) in [7, 11) is 0. The summed E-state index contributed by atoms with van der Waals surface area (Å²) in [5.41, 5.74) is 0.910. The van der Waals surface area contributed by atoms with Crippen molar-refractivity contribution in [1.29, 1.82) is 0 Å². The Kier molecular flexibility index (Phi) is 2.64. The van der Waals surface area contributed by atoms with Gasteiger partial charge in [0, 0.05) is 10.9 Å². The number of aliphatic carboxylic acids is 1. The number of nitrogens with one attached hydrogen (secondary N) is 1. The van der Waals surface area contributed by atoms with Gasteiger partial charge in [0.1, 0.15) is 6.04 Å². The van der Waals surface area contributed by atoms with Crippen molar-refractivity contribution in [2.24, 2.45) is 0 Å². The molecule has 2 unspecified atom stereocenters. The highest BCUT2D eigenvalue weighted by Gasteiger charge is 2.30. The van der Waals surface area contributed by atoms with Crippen molar-refractivity contribution in [1.82, 2.24) is 5.32 Å². The van der Waals surface area contributed by atoms with E-state index in [9.17, 15) is 4.79 Å². The number of hydrogen-bond acceptors (Lipinski definition) is 3. The second-order valence-electron chi connectivity index (χ2n) is 3.47. The molecule has 2 N–H and O–H groups in total. The summed E-state index contributed by atoms with van der Waals surface area (Å²) < 4.78 is 1.00. The van der Waals surface area contributed by atoms with Gasteiger partial charge in [-0.25, -0.2) is 0 Å². The van der Waals surface area contributed by atoms with Gasteiger partial charge in [-0.05, 0) is 40.9 Å². The highest BCUT2D eigenvalue weighted by Crippen LogP contribution is 2.35. The minimum Gasteiger partial charge on any atom is -0.480 e. The van der Waals surface area contributed by atoms with Gasteiger partial charge in [-0.3, -0.25) is 10.1 Å². The fourth-order valence-electron chi connectivity index (χ4n) is 1.73. The van der Waals surface area contributed by atoms with E-state index in [2.05, 4.69) is 21.2 Å². The van der Waals surface area contributed by atoms with Crippen LogP contribution in [-0.4, -0.2) is 17.1 Å². The molecule has 0 amide bonds. The van der Waals surface area contributed by atoms with Crippen LogP contribution < -0.4 is 5.32 Å². The standard InChI is InChI=1S/C9H10BrNO2S/c1-4-2-6-5(3-7(10)14-6)8(11-4)9(12)13/h3-4,8,11H,2H2,1H3,(H,12,13). The molecule has 2 atom stereocenters. The maximum atomic E-state index is 11.0. The first-order chi connectivity index (χ1) is 6.58. The van der Waals surface area contributed by atoms with Crippen molar-refractivity contribution in [2.75, 3.05) is 0 Å². The van der Waals surface area contributed by atoms with Gasteiger partial charge in [-0.15, -0.1) is 11.3 Å². The smallest absolute Gasteiger partial charge is 0.325 e. The van der Waals surface area contributed by atoms with Gasteiger partial charge < -0.3 is 5.11 Å². The molecular formula is C9H10BrNO2S. The predicted molar refractivity (Wildman–Crippen MR) is 58.7 cm³/mol. The first kappa shape index (κ1) is 10.1. The molecule has 3 nitrogen and oxygen atoms in total. The van der Waals surface area contributed by atoms with E-state index >= 15 is 0 Å². The molecule has 0 aromatic carbocycles. The number of thiophene rings is 1. The second-order valence-corrected chi connectivity index (χ2v) is 5.99. The third-order valence-electron chi connectivity index (χ3n) is 2.31. The lowest BCUT2D eigenvalue weighted by molar-refractivity contribution is -0.140. The largest absolute Gasteiger partial charge is 0.480 e. The first-order valence-corrected chi connectivity index (χ1v) is 5.96. The van der Waals surface area contributed by atoms with Gasteiger partial charge >= 0.3 is 5.97 Å². The number of carbonyl (C=O) groups is 1. The quantitative estimate of drug-likeness (QED) is 0.826. The number of carboxylic acid groups (broad SMARTS) is 1. The van der Waals surface area contributed by atoms with E-state index in [-0.39, 0.29) is 6.04 Å². The number of fused-ring (bicyclic) bond motifs is 1. The van der Waals surface area contributed by atoms with Gasteiger partial charge in [0.15, 0.2) is 0 Å². The zero-order chi connectivity index (χ0) is 10.3. The van der Waals surface area contributed by atoms with Crippen molar-refractivity contribution in [2.45, 2.75) is 25.4 Å². The molecule has 0 radical (unpaired) electrons. The van der Waals surface area contributed by atoms with E-state index < -0.39 is 12.0 Å². The summed E-state index contributed by atoms with van der Waals surface area (Å²) in [6.45, 7) is 2.01. The Balaban J connectivity index is 2.42. The van der Waals surface area contributed by atoms with Crippen LogP contribution in [0.5, 0.6) is 0 Å². The van der Waals surface area contributed by atoms with Crippen LogP contribution in [0.3, 0.4) is 0 Å². The number of rotatable bonds is 1. The molecule has 1 aromatic heterocycles. The molecule has 1 aromatic rings. The summed E-state index contributed by atoms with van der Waals surface area (Å²) in [6, 6.07) is 1.59. The average molecular weight is 276 g/mol. The Morgan fingerprint density at radius 3 is 3.14 bits per heavy atom. The third-order valence-corrected chi connectivity index (χ3v) is 3.99. The summed E-state index contributed by atoms with van der Waals surface area (Å²) in [5, 5.41) is 12.1. The van der Waals surface area contributed by atoms with Crippen LogP contribution in [0, 0.1) is 0 Å². The van der Waals surface area contributed by atoms with Crippen molar-refractivity contribution < 1.29 is 9.90 Å². The molecule has 0 spiro atoms. The zero-order valence-corrected chi connectivity index (χ0v) is 9.98. The number of halogens is 1. The Hall–Kier alpha value is -0.390. The zero-order valence-electron chi connectivity index (χ0n) is 7.58. The molecule has 1 aliphatic heterocycles. The normalized spacial score (nSPS) is 25.9. The average Bonchev–Trinajstić information content (AvgIpc) is 2.42. The summed E-state index contributed by atoms with van der Waals surface area (Å²) >= 11 is 5.02. The first-order valence-electron chi connectivity index (χ1n) is 4.35. The van der Waals surface area contributed by atoms with Gasteiger partial charge in [0.2, 0.25) is 0 Å². The Bertz CT molecular complexity index is 377. The van der Waals surface area contributed by atoms with Gasteiger partial charge in [0.05, 0.1) is 3.79 Å². The summed E-state index contributed by atoms with van der Waals surface area (Å²) in [6.07, 6.45) is 0.912. The molecule has 2 rings (SSSR count). The van der Waals surface area contributed by atoms with Crippen LogP contribution in [0.25, 0.3) is 0 Å². The van der Waals surface area contributed by atoms with E-state index in [1.165, 1.54) is 4.88 Å². The van der Waals surface area contributed by atoms with Crippen molar-refractivity contribution in [3.63, 3.8) is 0 Å². The van der Waals surface area contributed by atoms with Gasteiger partial charge in [0.25, 0.3) is 0 Å². The lowest BCUT2D eigenvalue weighted by atomic mass is 9.98. The maximum Gasteiger partial charge on any atom is 0.325 e. The molecule has 14 heavy (non-hydrogen) atoms. The minimum atomic E-state index is -0.803. The molecule has 0 bridgehead atoms.